The maximum absolute atomic E-state index is 12.8. The van der Waals surface area contributed by atoms with Gasteiger partial charge >= 0.3 is 0 Å². The molecule has 1 aromatic carbocycles. The van der Waals surface area contributed by atoms with Crippen LogP contribution in [0.2, 0.25) is 0 Å². The maximum Gasteiger partial charge on any atom is 0.141 e. The van der Waals surface area contributed by atoms with Crippen molar-refractivity contribution < 1.29 is 14.7 Å². The summed E-state index contributed by atoms with van der Waals surface area (Å²) in [6, 6.07) is 5.40. The Bertz CT molecular complexity index is 648. The lowest BCUT2D eigenvalue weighted by molar-refractivity contribution is -0.139. The number of carbonyl (C=O) groups excluding carboxylic acids is 2. The molecule has 0 heterocycles. The first kappa shape index (κ1) is 13.1. The van der Waals surface area contributed by atoms with Gasteiger partial charge in [0.2, 0.25) is 0 Å². The van der Waals surface area contributed by atoms with E-state index in [1.54, 1.807) is 12.1 Å². The number of benzene rings is 1. The number of hydrogen-bond donors (Lipinski definition) is 1. The third kappa shape index (κ3) is 1.66. The molecule has 3 nitrogen and oxygen atoms in total. The fourth-order valence-electron chi connectivity index (χ4n) is 5.16. The monoisotopic (exact) mass is 284 g/mol. The zero-order chi connectivity index (χ0) is 14.8. The molecule has 2 saturated carbocycles. The van der Waals surface area contributed by atoms with E-state index in [2.05, 4.69) is 0 Å². The molecule has 0 aliphatic heterocycles. The predicted octanol–water partition coefficient (Wildman–Crippen LogP) is 3.00. The molecule has 0 amide bonds. The average Bonchev–Trinajstić information content (AvgIpc) is 2.74. The molecule has 3 aliphatic rings. The van der Waals surface area contributed by atoms with Crippen molar-refractivity contribution in [3.8, 4) is 5.75 Å². The second kappa shape index (κ2) is 4.19. The minimum atomic E-state index is -0.410. The summed E-state index contributed by atoms with van der Waals surface area (Å²) >= 11 is 0. The van der Waals surface area contributed by atoms with Crippen LogP contribution in [0, 0.1) is 17.3 Å². The van der Waals surface area contributed by atoms with Crippen LogP contribution in [0.15, 0.2) is 18.2 Å². The summed E-state index contributed by atoms with van der Waals surface area (Å²) in [7, 11) is 0. The molecule has 110 valence electrons. The molecule has 0 spiro atoms. The van der Waals surface area contributed by atoms with Crippen molar-refractivity contribution >= 4 is 11.6 Å². The van der Waals surface area contributed by atoms with Crippen molar-refractivity contribution in [3.63, 3.8) is 0 Å². The first-order chi connectivity index (χ1) is 10.0. The highest BCUT2D eigenvalue weighted by atomic mass is 16.3. The number of aryl methyl sites for hydroxylation is 1. The first-order valence-corrected chi connectivity index (χ1v) is 7.88. The number of carbonyl (C=O) groups is 2. The van der Waals surface area contributed by atoms with Gasteiger partial charge in [0.1, 0.15) is 17.3 Å². The quantitative estimate of drug-likeness (QED) is 0.797. The lowest BCUT2D eigenvalue weighted by atomic mass is 9.55. The smallest absolute Gasteiger partial charge is 0.141 e. The van der Waals surface area contributed by atoms with E-state index < -0.39 is 5.41 Å². The number of hydrogen-bond acceptors (Lipinski definition) is 3. The minimum absolute atomic E-state index is 0.0571. The van der Waals surface area contributed by atoms with Crippen LogP contribution in [-0.4, -0.2) is 16.7 Å². The van der Waals surface area contributed by atoms with E-state index in [4.69, 9.17) is 0 Å². The lowest BCUT2D eigenvalue weighted by Crippen LogP contribution is -2.47. The van der Waals surface area contributed by atoms with Gasteiger partial charge < -0.3 is 5.11 Å². The fraction of sp³-hybridized carbons (Fsp3) is 0.556. The van der Waals surface area contributed by atoms with Crippen LogP contribution in [0.25, 0.3) is 0 Å². The van der Waals surface area contributed by atoms with E-state index in [1.807, 2.05) is 13.0 Å². The SMILES string of the molecule is CC12CC(=O)C3c4ccc(O)cc4CCC3C1CCC2=O. The van der Waals surface area contributed by atoms with Crippen LogP contribution in [0.1, 0.15) is 49.7 Å². The number of ketones is 2. The van der Waals surface area contributed by atoms with Crippen LogP contribution in [0.4, 0.5) is 0 Å². The molecule has 2 fully saturated rings. The fourth-order valence-corrected chi connectivity index (χ4v) is 5.16. The van der Waals surface area contributed by atoms with Gasteiger partial charge in [-0.15, -0.1) is 0 Å². The summed E-state index contributed by atoms with van der Waals surface area (Å²) in [5.41, 5.74) is 1.79. The van der Waals surface area contributed by atoms with E-state index in [-0.39, 0.29) is 23.2 Å². The number of rotatable bonds is 0. The van der Waals surface area contributed by atoms with Gasteiger partial charge in [-0.1, -0.05) is 13.0 Å². The number of phenolic OH excluding ortho intramolecular Hbond substituents is 1. The minimum Gasteiger partial charge on any atom is -0.508 e. The van der Waals surface area contributed by atoms with Crippen molar-refractivity contribution in [1.29, 1.82) is 0 Å². The van der Waals surface area contributed by atoms with Crippen LogP contribution < -0.4 is 0 Å². The molecule has 4 unspecified atom stereocenters. The molecule has 3 aliphatic carbocycles. The molecule has 0 bridgehead atoms. The van der Waals surface area contributed by atoms with Crippen LogP contribution in [0.3, 0.4) is 0 Å². The summed E-state index contributed by atoms with van der Waals surface area (Å²) < 4.78 is 0. The van der Waals surface area contributed by atoms with E-state index in [1.165, 1.54) is 0 Å². The molecule has 0 aromatic heterocycles. The van der Waals surface area contributed by atoms with Gasteiger partial charge in [-0.05, 0) is 54.4 Å². The number of aromatic hydroxyl groups is 1. The maximum atomic E-state index is 12.8. The van der Waals surface area contributed by atoms with E-state index in [9.17, 15) is 14.7 Å². The molecule has 1 N–H and O–H groups in total. The van der Waals surface area contributed by atoms with Crippen molar-refractivity contribution in [1.82, 2.24) is 0 Å². The van der Waals surface area contributed by atoms with Crippen LogP contribution in [-0.2, 0) is 16.0 Å². The summed E-state index contributed by atoms with van der Waals surface area (Å²) in [5, 5.41) is 9.65. The molecule has 4 atom stereocenters. The van der Waals surface area contributed by atoms with E-state index >= 15 is 0 Å². The second-order valence-corrected chi connectivity index (χ2v) is 7.19. The zero-order valence-electron chi connectivity index (χ0n) is 12.3. The number of Topliss-reactive ketones (excluding diaryl/α,β-unsaturated/α-hetero) is 2. The molecule has 0 radical (unpaired) electrons. The van der Waals surface area contributed by atoms with Gasteiger partial charge in [-0.2, -0.15) is 0 Å². The van der Waals surface area contributed by atoms with Gasteiger partial charge in [0, 0.05) is 24.2 Å². The molecular weight excluding hydrogens is 264 g/mol. The molecular formula is C18H20O3. The van der Waals surface area contributed by atoms with Gasteiger partial charge in [-0.3, -0.25) is 9.59 Å². The highest BCUT2D eigenvalue weighted by molar-refractivity contribution is 5.97. The first-order valence-electron chi connectivity index (χ1n) is 7.88. The van der Waals surface area contributed by atoms with Crippen LogP contribution >= 0.6 is 0 Å². The third-order valence-corrected chi connectivity index (χ3v) is 6.18. The number of fused-ring (bicyclic) bond motifs is 5. The van der Waals surface area contributed by atoms with Gasteiger partial charge in [0.15, 0.2) is 0 Å². The second-order valence-electron chi connectivity index (χ2n) is 7.19. The van der Waals surface area contributed by atoms with Crippen molar-refractivity contribution in [3.05, 3.63) is 29.3 Å². The molecule has 4 rings (SSSR count). The lowest BCUT2D eigenvalue weighted by Gasteiger charge is -2.47. The van der Waals surface area contributed by atoms with Gasteiger partial charge in [0.05, 0.1) is 0 Å². The van der Waals surface area contributed by atoms with Gasteiger partial charge in [-0.25, -0.2) is 0 Å². The normalized spacial score (nSPS) is 37.9. The zero-order valence-corrected chi connectivity index (χ0v) is 12.3. The topological polar surface area (TPSA) is 54.4 Å². The Morgan fingerprint density at radius 1 is 1.19 bits per heavy atom. The summed E-state index contributed by atoms with van der Waals surface area (Å²) in [4.78, 5) is 25.0. The Morgan fingerprint density at radius 2 is 2.00 bits per heavy atom. The van der Waals surface area contributed by atoms with Crippen molar-refractivity contribution in [2.75, 3.05) is 0 Å². The summed E-state index contributed by atoms with van der Waals surface area (Å²) in [6.07, 6.45) is 3.84. The Kier molecular flexibility index (Phi) is 2.60. The molecule has 0 saturated heterocycles. The Hall–Kier alpha value is -1.64. The third-order valence-electron chi connectivity index (χ3n) is 6.18. The Morgan fingerprint density at radius 3 is 2.81 bits per heavy atom. The summed E-state index contributed by atoms with van der Waals surface area (Å²) in [6.45, 7) is 2.01. The number of phenols is 1. The summed E-state index contributed by atoms with van der Waals surface area (Å²) in [5.74, 6) is 1.39. The highest BCUT2D eigenvalue weighted by Crippen LogP contribution is 2.58. The Balaban J connectivity index is 1.80. The average molecular weight is 284 g/mol. The van der Waals surface area contributed by atoms with E-state index in [0.717, 1.165) is 30.4 Å². The predicted molar refractivity (Wildman–Crippen MR) is 78.1 cm³/mol. The standard InChI is InChI=1S/C18H20O3/c1-18-9-15(20)17-12-5-3-11(19)8-10(12)2-4-13(17)14(18)6-7-16(18)21/h3,5,8,13-14,17,19H,2,4,6-7,9H2,1H3. The molecule has 3 heteroatoms. The largest absolute Gasteiger partial charge is 0.508 e. The Labute approximate surface area is 124 Å². The molecule has 1 aromatic rings. The van der Waals surface area contributed by atoms with Gasteiger partial charge in [0.25, 0.3) is 0 Å². The molecule has 21 heavy (non-hydrogen) atoms. The highest BCUT2D eigenvalue weighted by Gasteiger charge is 2.57. The van der Waals surface area contributed by atoms with E-state index in [0.29, 0.717) is 24.7 Å². The van der Waals surface area contributed by atoms with Crippen molar-refractivity contribution in [2.24, 2.45) is 17.3 Å². The van der Waals surface area contributed by atoms with Crippen LogP contribution in [0.5, 0.6) is 5.75 Å². The van der Waals surface area contributed by atoms with Crippen molar-refractivity contribution in [2.45, 2.75) is 44.9 Å².